The molecule has 0 bridgehead atoms. The second kappa shape index (κ2) is 5.33. The number of H-pyrrole nitrogens is 1. The van der Waals surface area contributed by atoms with E-state index >= 15 is 0 Å². The number of hydrogen-bond acceptors (Lipinski definition) is 2. The summed E-state index contributed by atoms with van der Waals surface area (Å²) in [5, 5.41) is 9.28. The van der Waals surface area contributed by atoms with E-state index in [1.54, 1.807) is 0 Å². The fraction of sp³-hybridized carbons (Fsp3) is 0.733. The van der Waals surface area contributed by atoms with E-state index in [0.29, 0.717) is 0 Å². The van der Waals surface area contributed by atoms with Crippen molar-refractivity contribution in [2.24, 2.45) is 5.41 Å². The fourth-order valence-corrected chi connectivity index (χ4v) is 5.87. The molecule has 1 heterocycles. The molecular formula is C15H29NO2Si. The lowest BCUT2D eigenvalue weighted by Crippen LogP contribution is -2.49. The van der Waals surface area contributed by atoms with Gasteiger partial charge in [0.1, 0.15) is 5.75 Å². The van der Waals surface area contributed by atoms with E-state index in [1.807, 2.05) is 12.3 Å². The van der Waals surface area contributed by atoms with Gasteiger partial charge in [0.25, 0.3) is 8.32 Å². The molecule has 0 aliphatic rings. The van der Waals surface area contributed by atoms with Crippen LogP contribution in [0.1, 0.15) is 47.2 Å². The summed E-state index contributed by atoms with van der Waals surface area (Å²) in [7, 11) is -1.93. The Bertz CT molecular complexity index is 415. The summed E-state index contributed by atoms with van der Waals surface area (Å²) in [6.45, 7) is 15.9. The second-order valence-electron chi connectivity index (χ2n) is 7.84. The van der Waals surface area contributed by atoms with Gasteiger partial charge in [-0.2, -0.15) is 0 Å². The van der Waals surface area contributed by atoms with Crippen LogP contribution in [0.4, 0.5) is 0 Å². The molecule has 110 valence electrons. The molecule has 19 heavy (non-hydrogen) atoms. The van der Waals surface area contributed by atoms with E-state index in [0.717, 1.165) is 17.5 Å². The van der Waals surface area contributed by atoms with Crippen molar-refractivity contribution in [2.75, 3.05) is 0 Å². The van der Waals surface area contributed by atoms with Gasteiger partial charge in [0.2, 0.25) is 0 Å². The minimum Gasteiger partial charge on any atom is -0.542 e. The lowest BCUT2D eigenvalue weighted by atomic mass is 10.0. The smallest absolute Gasteiger partial charge is 0.254 e. The highest BCUT2D eigenvalue weighted by atomic mass is 28.4. The van der Waals surface area contributed by atoms with Gasteiger partial charge in [-0.1, -0.05) is 41.5 Å². The summed E-state index contributed by atoms with van der Waals surface area (Å²) in [4.78, 5) is 3.04. The van der Waals surface area contributed by atoms with E-state index in [1.165, 1.54) is 0 Å². The van der Waals surface area contributed by atoms with Crippen molar-refractivity contribution in [3.8, 4) is 5.75 Å². The molecule has 0 fully saturated rings. The molecular weight excluding hydrogens is 254 g/mol. The first kappa shape index (κ1) is 16.3. The number of aliphatic hydroxyl groups excluding tert-OH is 1. The normalized spacial score (nSPS) is 16.2. The van der Waals surface area contributed by atoms with Crippen molar-refractivity contribution >= 4 is 8.32 Å². The Labute approximate surface area is 118 Å². The Balaban J connectivity index is 2.98. The third-order valence-electron chi connectivity index (χ3n) is 3.68. The number of aromatic nitrogens is 1. The molecule has 0 spiro atoms. The van der Waals surface area contributed by atoms with E-state index in [-0.39, 0.29) is 17.1 Å². The van der Waals surface area contributed by atoms with E-state index in [9.17, 15) is 0 Å². The number of aliphatic hydroxyl groups is 1. The zero-order valence-electron chi connectivity index (χ0n) is 13.4. The molecule has 0 radical (unpaired) electrons. The molecule has 0 saturated carbocycles. The fourth-order valence-electron chi connectivity index (χ4n) is 2.30. The standard InChI is InChI=1S/C15H29NO2Si/c1-14(2,3)11-19(7,15(4,5)6)18-13-8-12(10-17)16-9-13/h8-9,16-17H,10-11H2,1-7H3. The Kier molecular flexibility index (Phi) is 4.57. The molecule has 0 saturated heterocycles. The van der Waals surface area contributed by atoms with E-state index < -0.39 is 8.32 Å². The SMILES string of the molecule is CC(C)(C)C[Si](C)(Oc1c[nH]c(CO)c1)C(C)(C)C. The zero-order valence-corrected chi connectivity index (χ0v) is 14.4. The van der Waals surface area contributed by atoms with Crippen molar-refractivity contribution in [3.63, 3.8) is 0 Å². The molecule has 1 atom stereocenters. The Morgan fingerprint density at radius 2 is 1.79 bits per heavy atom. The van der Waals surface area contributed by atoms with Gasteiger partial charge in [0, 0.05) is 18.0 Å². The zero-order chi connectivity index (χ0) is 14.9. The molecule has 1 rings (SSSR count). The van der Waals surface area contributed by atoms with Gasteiger partial charge in [0.05, 0.1) is 6.61 Å². The summed E-state index contributed by atoms with van der Waals surface area (Å²) in [6.07, 6.45) is 1.85. The maximum absolute atomic E-state index is 9.12. The van der Waals surface area contributed by atoms with Crippen LogP contribution in [0.5, 0.6) is 5.75 Å². The van der Waals surface area contributed by atoms with Crippen LogP contribution in [-0.2, 0) is 6.61 Å². The number of rotatable bonds is 4. The first-order valence-corrected chi connectivity index (χ1v) is 9.56. The van der Waals surface area contributed by atoms with Crippen LogP contribution in [0.15, 0.2) is 12.3 Å². The van der Waals surface area contributed by atoms with Crippen LogP contribution >= 0.6 is 0 Å². The molecule has 3 nitrogen and oxygen atoms in total. The van der Waals surface area contributed by atoms with Gasteiger partial charge < -0.3 is 14.5 Å². The third-order valence-corrected chi connectivity index (χ3v) is 9.28. The van der Waals surface area contributed by atoms with Crippen molar-refractivity contribution in [2.45, 2.75) is 65.8 Å². The van der Waals surface area contributed by atoms with Gasteiger partial charge in [-0.05, 0) is 23.0 Å². The Morgan fingerprint density at radius 3 is 2.16 bits per heavy atom. The first-order chi connectivity index (χ1) is 8.47. The van der Waals surface area contributed by atoms with Crippen molar-refractivity contribution in [1.82, 2.24) is 4.98 Å². The molecule has 1 aromatic heterocycles. The van der Waals surface area contributed by atoms with Crippen LogP contribution in [0, 0.1) is 5.41 Å². The summed E-state index contributed by atoms with van der Waals surface area (Å²) in [6, 6.07) is 3.00. The lowest BCUT2D eigenvalue weighted by molar-refractivity contribution is 0.277. The van der Waals surface area contributed by atoms with Gasteiger partial charge >= 0.3 is 0 Å². The highest BCUT2D eigenvalue weighted by molar-refractivity contribution is 6.76. The summed E-state index contributed by atoms with van der Waals surface area (Å²) >= 11 is 0. The first-order valence-electron chi connectivity index (χ1n) is 6.94. The largest absolute Gasteiger partial charge is 0.542 e. The van der Waals surface area contributed by atoms with Gasteiger partial charge in [-0.25, -0.2) is 0 Å². The topological polar surface area (TPSA) is 45.2 Å². The molecule has 2 N–H and O–H groups in total. The molecule has 0 aromatic carbocycles. The minimum atomic E-state index is -1.93. The van der Waals surface area contributed by atoms with E-state index in [4.69, 9.17) is 9.53 Å². The van der Waals surface area contributed by atoms with Crippen molar-refractivity contribution < 1.29 is 9.53 Å². The molecule has 0 aliphatic heterocycles. The Hall–Kier alpha value is -0.743. The highest BCUT2D eigenvalue weighted by Crippen LogP contribution is 2.44. The second-order valence-corrected chi connectivity index (χ2v) is 12.4. The maximum atomic E-state index is 9.12. The van der Waals surface area contributed by atoms with Crippen LogP contribution < -0.4 is 4.43 Å². The van der Waals surface area contributed by atoms with Gasteiger partial charge in [0.15, 0.2) is 0 Å². The van der Waals surface area contributed by atoms with Crippen molar-refractivity contribution in [1.29, 1.82) is 0 Å². The third kappa shape index (κ3) is 4.39. The quantitative estimate of drug-likeness (QED) is 0.809. The van der Waals surface area contributed by atoms with Crippen molar-refractivity contribution in [3.05, 3.63) is 18.0 Å². The summed E-state index contributed by atoms with van der Waals surface area (Å²) < 4.78 is 6.42. The highest BCUT2D eigenvalue weighted by Gasteiger charge is 2.46. The average molecular weight is 283 g/mol. The number of nitrogens with one attached hydrogen (secondary N) is 1. The minimum absolute atomic E-state index is 0.0242. The lowest BCUT2D eigenvalue weighted by Gasteiger charge is -2.42. The molecule has 0 amide bonds. The predicted molar refractivity (Wildman–Crippen MR) is 82.9 cm³/mol. The van der Waals surface area contributed by atoms with Gasteiger partial charge in [-0.3, -0.25) is 0 Å². The van der Waals surface area contributed by atoms with Crippen LogP contribution in [0.25, 0.3) is 0 Å². The number of aromatic amines is 1. The van der Waals surface area contributed by atoms with Crippen LogP contribution in [0.2, 0.25) is 17.6 Å². The monoisotopic (exact) mass is 283 g/mol. The van der Waals surface area contributed by atoms with Crippen LogP contribution in [-0.4, -0.2) is 18.4 Å². The number of hydrogen-bond donors (Lipinski definition) is 2. The molecule has 4 heteroatoms. The average Bonchev–Trinajstić information content (AvgIpc) is 2.60. The van der Waals surface area contributed by atoms with Gasteiger partial charge in [-0.15, -0.1) is 0 Å². The van der Waals surface area contributed by atoms with Crippen LogP contribution in [0.3, 0.4) is 0 Å². The predicted octanol–water partition coefficient (Wildman–Crippen LogP) is 4.31. The molecule has 1 unspecified atom stereocenters. The summed E-state index contributed by atoms with van der Waals surface area (Å²) in [5.74, 6) is 0.859. The summed E-state index contributed by atoms with van der Waals surface area (Å²) in [5.41, 5.74) is 1.06. The van der Waals surface area contributed by atoms with E-state index in [2.05, 4.69) is 53.1 Å². The Morgan fingerprint density at radius 1 is 1.21 bits per heavy atom. The molecule has 1 aromatic rings. The maximum Gasteiger partial charge on any atom is 0.254 e. The molecule has 0 aliphatic carbocycles.